The van der Waals surface area contributed by atoms with Gasteiger partial charge in [-0.05, 0) is 76.6 Å². The normalized spacial score (nSPS) is 11.2. The van der Waals surface area contributed by atoms with Crippen LogP contribution in [-0.2, 0) is 0 Å². The van der Waals surface area contributed by atoms with Crippen molar-refractivity contribution in [2.45, 2.75) is 13.8 Å². The fourth-order valence-corrected chi connectivity index (χ4v) is 5.60. The molecule has 0 unspecified atom stereocenters. The molecule has 0 bridgehead atoms. The van der Waals surface area contributed by atoms with Gasteiger partial charge in [0.05, 0.1) is 16.7 Å². The minimum Gasteiger partial charge on any atom is -0.254 e. The van der Waals surface area contributed by atoms with Gasteiger partial charge in [-0.1, -0.05) is 109 Å². The molecule has 0 aliphatic rings. The molecule has 0 fully saturated rings. The monoisotopic (exact) mass is 512 g/mol. The summed E-state index contributed by atoms with van der Waals surface area (Å²) in [6, 6.07) is 45.2. The first-order valence-electron chi connectivity index (χ1n) is 13.7. The zero-order chi connectivity index (χ0) is 27.1. The van der Waals surface area contributed by atoms with Crippen LogP contribution in [0.25, 0.3) is 66.4 Å². The van der Waals surface area contributed by atoms with Crippen LogP contribution in [0.1, 0.15) is 11.1 Å². The highest BCUT2D eigenvalue weighted by Gasteiger charge is 2.12. The number of aromatic nitrogens is 2. The van der Waals surface area contributed by atoms with Gasteiger partial charge in [0.25, 0.3) is 0 Å². The topological polar surface area (TPSA) is 25.8 Å². The number of benzene rings is 5. The first-order valence-corrected chi connectivity index (χ1v) is 13.7. The summed E-state index contributed by atoms with van der Waals surface area (Å²) in [5.74, 6) is 0. The van der Waals surface area contributed by atoms with Gasteiger partial charge in [0.1, 0.15) is 0 Å². The Balaban J connectivity index is 1.18. The Morgan fingerprint density at radius 2 is 0.925 bits per heavy atom. The molecule has 0 N–H and O–H groups in total. The van der Waals surface area contributed by atoms with E-state index in [1.165, 1.54) is 55.3 Å². The second-order valence-corrected chi connectivity index (χ2v) is 10.3. The minimum absolute atomic E-state index is 0.961. The third-order valence-electron chi connectivity index (χ3n) is 8.00. The van der Waals surface area contributed by atoms with Crippen LogP contribution in [0.5, 0.6) is 0 Å². The Morgan fingerprint density at radius 3 is 1.57 bits per heavy atom. The Morgan fingerprint density at radius 1 is 0.400 bits per heavy atom. The predicted octanol–water partition coefficient (Wildman–Crippen LogP) is 10.1. The van der Waals surface area contributed by atoms with E-state index in [0.717, 1.165) is 22.3 Å². The van der Waals surface area contributed by atoms with Crippen molar-refractivity contribution in [3.05, 3.63) is 145 Å². The van der Waals surface area contributed by atoms with Gasteiger partial charge < -0.3 is 0 Å². The molecule has 2 aromatic heterocycles. The van der Waals surface area contributed by atoms with Crippen LogP contribution in [0, 0.1) is 13.8 Å². The Labute approximate surface area is 234 Å². The number of nitrogens with zero attached hydrogens (tertiary/aromatic N) is 2. The first-order chi connectivity index (χ1) is 19.7. The molecule has 0 radical (unpaired) electrons. The van der Waals surface area contributed by atoms with Crippen molar-refractivity contribution in [2.75, 3.05) is 0 Å². The molecule has 2 heteroatoms. The first kappa shape index (κ1) is 24.0. The van der Waals surface area contributed by atoms with Crippen LogP contribution < -0.4 is 0 Å². The van der Waals surface area contributed by atoms with Gasteiger partial charge in [-0.2, -0.15) is 0 Å². The van der Waals surface area contributed by atoms with E-state index in [1.54, 1.807) is 0 Å². The highest BCUT2D eigenvalue weighted by molar-refractivity contribution is 6.06. The van der Waals surface area contributed by atoms with E-state index in [0.29, 0.717) is 0 Å². The standard InChI is InChI=1S/C38H28N2/c1-25-26(2)35-21-22-36(40-38(35)37-34(25)12-7-23-39-37)31-19-17-29(18-20-31)28-13-15-30(16-14-28)33-11-6-10-32(24-33)27-8-4-3-5-9-27/h3-24H,1-2H3. The molecule has 0 amide bonds. The fourth-order valence-electron chi connectivity index (χ4n) is 5.60. The zero-order valence-electron chi connectivity index (χ0n) is 22.6. The quantitative estimate of drug-likeness (QED) is 0.219. The summed E-state index contributed by atoms with van der Waals surface area (Å²) >= 11 is 0. The lowest BCUT2D eigenvalue weighted by Crippen LogP contribution is -1.94. The fraction of sp³-hybridized carbons (Fsp3) is 0.0526. The molecule has 0 aliphatic heterocycles. The van der Waals surface area contributed by atoms with Gasteiger partial charge in [-0.25, -0.2) is 4.98 Å². The van der Waals surface area contributed by atoms with Gasteiger partial charge in [0, 0.05) is 22.5 Å². The van der Waals surface area contributed by atoms with Crippen LogP contribution in [0.3, 0.4) is 0 Å². The van der Waals surface area contributed by atoms with E-state index in [-0.39, 0.29) is 0 Å². The van der Waals surface area contributed by atoms with Crippen LogP contribution in [0.2, 0.25) is 0 Å². The Hall–Kier alpha value is -5.08. The molecule has 7 aromatic rings. The number of rotatable bonds is 4. The van der Waals surface area contributed by atoms with E-state index in [1.807, 2.05) is 12.3 Å². The van der Waals surface area contributed by atoms with Gasteiger partial charge in [-0.3, -0.25) is 4.98 Å². The number of hydrogen-bond donors (Lipinski definition) is 0. The second kappa shape index (κ2) is 9.91. The Bertz CT molecular complexity index is 1990. The Kier molecular flexibility index (Phi) is 5.94. The van der Waals surface area contributed by atoms with Crippen LogP contribution >= 0.6 is 0 Å². The van der Waals surface area contributed by atoms with Crippen LogP contribution in [0.15, 0.2) is 134 Å². The summed E-state index contributed by atoms with van der Waals surface area (Å²) < 4.78 is 0. The smallest absolute Gasteiger partial charge is 0.0974 e. The van der Waals surface area contributed by atoms with Gasteiger partial charge in [-0.15, -0.1) is 0 Å². The lowest BCUT2D eigenvalue weighted by molar-refractivity contribution is 1.33. The molecule has 0 saturated carbocycles. The van der Waals surface area contributed by atoms with E-state index in [2.05, 4.69) is 140 Å². The molecule has 2 nitrogen and oxygen atoms in total. The average Bonchev–Trinajstić information content (AvgIpc) is 3.04. The van der Waals surface area contributed by atoms with Crippen molar-refractivity contribution in [2.24, 2.45) is 0 Å². The highest BCUT2D eigenvalue weighted by atomic mass is 14.8. The van der Waals surface area contributed by atoms with Gasteiger partial charge in [0.15, 0.2) is 0 Å². The highest BCUT2D eigenvalue weighted by Crippen LogP contribution is 2.33. The predicted molar refractivity (Wildman–Crippen MR) is 168 cm³/mol. The van der Waals surface area contributed by atoms with Crippen molar-refractivity contribution in [1.82, 2.24) is 9.97 Å². The average molecular weight is 513 g/mol. The van der Waals surface area contributed by atoms with E-state index in [9.17, 15) is 0 Å². The third kappa shape index (κ3) is 4.24. The summed E-state index contributed by atoms with van der Waals surface area (Å²) in [5.41, 5.74) is 13.8. The largest absolute Gasteiger partial charge is 0.254 e. The van der Waals surface area contributed by atoms with Crippen molar-refractivity contribution >= 4 is 21.8 Å². The van der Waals surface area contributed by atoms with Crippen molar-refractivity contribution in [1.29, 1.82) is 0 Å². The number of aryl methyl sites for hydroxylation is 2. The molecule has 7 rings (SSSR count). The molecule has 40 heavy (non-hydrogen) atoms. The molecule has 2 heterocycles. The molecular formula is C38H28N2. The van der Waals surface area contributed by atoms with Gasteiger partial charge >= 0.3 is 0 Å². The molecule has 190 valence electrons. The number of pyridine rings is 2. The van der Waals surface area contributed by atoms with Crippen molar-refractivity contribution in [3.63, 3.8) is 0 Å². The van der Waals surface area contributed by atoms with Crippen LogP contribution in [0.4, 0.5) is 0 Å². The van der Waals surface area contributed by atoms with E-state index in [4.69, 9.17) is 4.98 Å². The lowest BCUT2D eigenvalue weighted by atomic mass is 9.96. The number of hydrogen-bond acceptors (Lipinski definition) is 2. The minimum atomic E-state index is 0.961. The zero-order valence-corrected chi connectivity index (χ0v) is 22.6. The van der Waals surface area contributed by atoms with Crippen molar-refractivity contribution in [3.8, 4) is 44.6 Å². The summed E-state index contributed by atoms with van der Waals surface area (Å²) in [7, 11) is 0. The maximum absolute atomic E-state index is 5.09. The molecule has 0 aliphatic carbocycles. The SMILES string of the molecule is Cc1c(C)c2ccc(-c3ccc(-c4ccc(-c5cccc(-c6ccccc6)c5)cc4)cc3)nc2c2ncccc12. The molecule has 0 atom stereocenters. The number of fused-ring (bicyclic) bond motifs is 3. The molecular weight excluding hydrogens is 484 g/mol. The van der Waals surface area contributed by atoms with Gasteiger partial charge in [0.2, 0.25) is 0 Å². The maximum Gasteiger partial charge on any atom is 0.0974 e. The summed E-state index contributed by atoms with van der Waals surface area (Å²) in [4.78, 5) is 9.78. The summed E-state index contributed by atoms with van der Waals surface area (Å²) in [5, 5.41) is 2.33. The van der Waals surface area contributed by atoms with Crippen molar-refractivity contribution < 1.29 is 0 Å². The van der Waals surface area contributed by atoms with E-state index >= 15 is 0 Å². The maximum atomic E-state index is 5.09. The van der Waals surface area contributed by atoms with E-state index < -0.39 is 0 Å². The third-order valence-corrected chi connectivity index (χ3v) is 8.00. The second-order valence-electron chi connectivity index (χ2n) is 10.3. The van der Waals surface area contributed by atoms with Crippen LogP contribution in [-0.4, -0.2) is 9.97 Å². The summed E-state index contributed by atoms with van der Waals surface area (Å²) in [6.07, 6.45) is 1.85. The lowest BCUT2D eigenvalue weighted by Gasteiger charge is -2.12. The molecule has 0 saturated heterocycles. The molecule has 5 aromatic carbocycles. The molecule has 0 spiro atoms. The summed E-state index contributed by atoms with van der Waals surface area (Å²) in [6.45, 7) is 4.34.